The molecule has 0 aromatic carbocycles. The summed E-state index contributed by atoms with van der Waals surface area (Å²) < 4.78 is 0. The van der Waals surface area contributed by atoms with Gasteiger partial charge in [-0.2, -0.15) is 0 Å². The number of pyridine rings is 1. The summed E-state index contributed by atoms with van der Waals surface area (Å²) in [6.07, 6.45) is 6.91. The van der Waals surface area contributed by atoms with Crippen LogP contribution in [0.1, 0.15) is 25.7 Å². The van der Waals surface area contributed by atoms with Crippen LogP contribution in [-0.2, 0) is 0 Å². The summed E-state index contributed by atoms with van der Waals surface area (Å²) in [6.45, 7) is 3.88. The van der Waals surface area contributed by atoms with E-state index >= 15 is 0 Å². The molecule has 0 atom stereocenters. The molecule has 4 heteroatoms. The molecule has 1 aromatic rings. The predicted octanol–water partition coefficient (Wildman–Crippen LogP) is 2.37. The maximum Gasteiger partial charge on any atom is 0.128 e. The fraction of sp³-hybridized carbons (Fsp3) is 0.600. The SMILES string of the molecule is N=C(C1CCCC1)N1CCN(c2ccccn2)CC1. The van der Waals surface area contributed by atoms with Gasteiger partial charge in [0.25, 0.3) is 0 Å². The standard InChI is InChI=1S/C15H22N4/c16-15(13-5-1-2-6-13)19-11-9-18(10-12-19)14-7-3-4-8-17-14/h3-4,7-8,13,16H,1-2,5-6,9-12H2. The molecule has 4 nitrogen and oxygen atoms in total. The molecule has 0 bridgehead atoms. The fourth-order valence-electron chi connectivity index (χ4n) is 3.17. The molecule has 3 rings (SSSR count). The Balaban J connectivity index is 1.56. The highest BCUT2D eigenvalue weighted by molar-refractivity contribution is 5.82. The van der Waals surface area contributed by atoms with Crippen LogP contribution >= 0.6 is 0 Å². The van der Waals surface area contributed by atoms with E-state index in [9.17, 15) is 0 Å². The minimum atomic E-state index is 0.529. The van der Waals surface area contributed by atoms with Crippen molar-refractivity contribution in [1.82, 2.24) is 9.88 Å². The van der Waals surface area contributed by atoms with Gasteiger partial charge in [-0.3, -0.25) is 5.41 Å². The van der Waals surface area contributed by atoms with Gasteiger partial charge in [-0.05, 0) is 25.0 Å². The minimum absolute atomic E-state index is 0.529. The number of piperazine rings is 1. The summed E-state index contributed by atoms with van der Waals surface area (Å²) in [4.78, 5) is 8.99. The highest BCUT2D eigenvalue weighted by Crippen LogP contribution is 2.27. The normalized spacial score (nSPS) is 20.8. The van der Waals surface area contributed by atoms with Crippen LogP contribution in [0.15, 0.2) is 24.4 Å². The van der Waals surface area contributed by atoms with Gasteiger partial charge in [0, 0.05) is 38.3 Å². The lowest BCUT2D eigenvalue weighted by atomic mass is 10.1. The first-order chi connectivity index (χ1) is 9.34. The smallest absolute Gasteiger partial charge is 0.128 e. The Bertz CT molecular complexity index is 417. The van der Waals surface area contributed by atoms with Gasteiger partial charge < -0.3 is 9.80 Å². The molecule has 1 saturated carbocycles. The van der Waals surface area contributed by atoms with Crippen molar-refractivity contribution in [2.45, 2.75) is 25.7 Å². The quantitative estimate of drug-likeness (QED) is 0.654. The molecule has 2 fully saturated rings. The van der Waals surface area contributed by atoms with Crippen LogP contribution in [0.5, 0.6) is 0 Å². The predicted molar refractivity (Wildman–Crippen MR) is 77.7 cm³/mol. The summed E-state index contributed by atoms with van der Waals surface area (Å²) in [6, 6.07) is 6.06. The third kappa shape index (κ3) is 2.72. The number of amidine groups is 1. The fourth-order valence-corrected chi connectivity index (χ4v) is 3.17. The van der Waals surface area contributed by atoms with E-state index in [4.69, 9.17) is 5.41 Å². The van der Waals surface area contributed by atoms with Crippen molar-refractivity contribution < 1.29 is 0 Å². The van der Waals surface area contributed by atoms with Crippen LogP contribution in [0.2, 0.25) is 0 Å². The molecule has 0 amide bonds. The number of aromatic nitrogens is 1. The second-order valence-electron chi connectivity index (χ2n) is 5.53. The van der Waals surface area contributed by atoms with E-state index in [2.05, 4.69) is 20.9 Å². The number of nitrogens with zero attached hydrogens (tertiary/aromatic N) is 3. The summed E-state index contributed by atoms with van der Waals surface area (Å²) in [5.74, 6) is 2.48. The molecule has 1 N–H and O–H groups in total. The van der Waals surface area contributed by atoms with Gasteiger partial charge in [0.15, 0.2) is 0 Å². The first-order valence-corrected chi connectivity index (χ1v) is 7.34. The summed E-state index contributed by atoms with van der Waals surface area (Å²) in [7, 11) is 0. The molecule has 1 saturated heterocycles. The zero-order valence-electron chi connectivity index (χ0n) is 11.4. The molecule has 1 aromatic heterocycles. The van der Waals surface area contributed by atoms with E-state index in [1.165, 1.54) is 25.7 Å². The van der Waals surface area contributed by atoms with Gasteiger partial charge >= 0.3 is 0 Å². The molecule has 102 valence electrons. The maximum atomic E-state index is 8.34. The Morgan fingerprint density at radius 1 is 1.11 bits per heavy atom. The molecule has 1 aliphatic heterocycles. The minimum Gasteiger partial charge on any atom is -0.357 e. The maximum absolute atomic E-state index is 8.34. The lowest BCUT2D eigenvalue weighted by Gasteiger charge is -2.38. The van der Waals surface area contributed by atoms with E-state index in [-0.39, 0.29) is 0 Å². The molecule has 2 aliphatic rings. The Kier molecular flexibility index (Phi) is 3.67. The first kappa shape index (κ1) is 12.5. The average molecular weight is 258 g/mol. The summed E-state index contributed by atoms with van der Waals surface area (Å²) in [5, 5.41) is 8.34. The van der Waals surface area contributed by atoms with E-state index in [0.717, 1.165) is 37.8 Å². The summed E-state index contributed by atoms with van der Waals surface area (Å²) in [5.41, 5.74) is 0. The Labute approximate surface area is 114 Å². The van der Waals surface area contributed by atoms with Gasteiger partial charge in [0.05, 0.1) is 5.84 Å². The van der Waals surface area contributed by atoms with Gasteiger partial charge in [0.2, 0.25) is 0 Å². The van der Waals surface area contributed by atoms with Crippen molar-refractivity contribution in [2.75, 3.05) is 31.1 Å². The van der Waals surface area contributed by atoms with Crippen LogP contribution in [0.4, 0.5) is 5.82 Å². The lowest BCUT2D eigenvalue weighted by Crippen LogP contribution is -2.50. The Hall–Kier alpha value is -1.58. The van der Waals surface area contributed by atoms with Gasteiger partial charge in [-0.25, -0.2) is 4.98 Å². The number of hydrogen-bond acceptors (Lipinski definition) is 3. The number of hydrogen-bond donors (Lipinski definition) is 1. The molecular formula is C15H22N4. The van der Waals surface area contributed by atoms with Crippen LogP contribution in [0.25, 0.3) is 0 Å². The molecule has 2 heterocycles. The van der Waals surface area contributed by atoms with Gasteiger partial charge in [-0.1, -0.05) is 18.9 Å². The second kappa shape index (κ2) is 5.59. The van der Waals surface area contributed by atoms with E-state index in [1.807, 2.05) is 18.3 Å². The highest BCUT2D eigenvalue weighted by Gasteiger charge is 2.26. The van der Waals surface area contributed by atoms with Gasteiger partial charge in [-0.15, -0.1) is 0 Å². The second-order valence-corrected chi connectivity index (χ2v) is 5.53. The number of rotatable bonds is 2. The zero-order chi connectivity index (χ0) is 13.1. The summed E-state index contributed by atoms with van der Waals surface area (Å²) >= 11 is 0. The molecule has 0 spiro atoms. The van der Waals surface area contributed by atoms with Crippen LogP contribution < -0.4 is 4.90 Å². The van der Waals surface area contributed by atoms with Crippen molar-refractivity contribution in [3.05, 3.63) is 24.4 Å². The van der Waals surface area contributed by atoms with E-state index < -0.39 is 0 Å². The van der Waals surface area contributed by atoms with Crippen molar-refractivity contribution in [2.24, 2.45) is 5.92 Å². The lowest BCUT2D eigenvalue weighted by molar-refractivity contribution is 0.361. The third-order valence-corrected chi connectivity index (χ3v) is 4.34. The van der Waals surface area contributed by atoms with Crippen molar-refractivity contribution in [3.8, 4) is 0 Å². The Morgan fingerprint density at radius 3 is 2.47 bits per heavy atom. The van der Waals surface area contributed by atoms with Crippen LogP contribution in [-0.4, -0.2) is 41.9 Å². The van der Waals surface area contributed by atoms with Gasteiger partial charge in [0.1, 0.15) is 5.82 Å². The van der Waals surface area contributed by atoms with Crippen molar-refractivity contribution >= 4 is 11.7 Å². The highest BCUT2D eigenvalue weighted by atomic mass is 15.3. The van der Waals surface area contributed by atoms with Crippen LogP contribution in [0.3, 0.4) is 0 Å². The molecule has 19 heavy (non-hydrogen) atoms. The van der Waals surface area contributed by atoms with E-state index in [0.29, 0.717) is 5.92 Å². The van der Waals surface area contributed by atoms with E-state index in [1.54, 1.807) is 0 Å². The molecule has 1 aliphatic carbocycles. The zero-order valence-corrected chi connectivity index (χ0v) is 11.4. The largest absolute Gasteiger partial charge is 0.357 e. The third-order valence-electron chi connectivity index (χ3n) is 4.34. The first-order valence-electron chi connectivity index (χ1n) is 7.34. The molecule has 0 radical (unpaired) electrons. The van der Waals surface area contributed by atoms with Crippen LogP contribution in [0, 0.1) is 11.3 Å². The Morgan fingerprint density at radius 2 is 1.84 bits per heavy atom. The molecular weight excluding hydrogens is 236 g/mol. The molecule has 0 unspecified atom stereocenters. The topological polar surface area (TPSA) is 43.2 Å². The monoisotopic (exact) mass is 258 g/mol. The van der Waals surface area contributed by atoms with Crippen molar-refractivity contribution in [1.29, 1.82) is 5.41 Å². The average Bonchev–Trinajstić information content (AvgIpc) is 3.02. The number of anilines is 1. The number of nitrogens with one attached hydrogen (secondary N) is 1. The van der Waals surface area contributed by atoms with Crippen molar-refractivity contribution in [3.63, 3.8) is 0 Å².